The number of carboxylic acids is 1. The molecule has 0 saturated heterocycles. The molecule has 94 valence electrons. The van der Waals surface area contributed by atoms with Gasteiger partial charge in [0.25, 0.3) is 0 Å². The number of rotatable bonds is 5. The Morgan fingerprint density at radius 1 is 1.59 bits per heavy atom. The molecule has 0 aliphatic carbocycles. The first-order valence-electron chi connectivity index (χ1n) is 5.29. The van der Waals surface area contributed by atoms with Crippen molar-refractivity contribution in [3.63, 3.8) is 0 Å². The summed E-state index contributed by atoms with van der Waals surface area (Å²) >= 11 is 5.82. The zero-order valence-electron chi connectivity index (χ0n) is 9.71. The van der Waals surface area contributed by atoms with E-state index >= 15 is 0 Å². The molecule has 2 N–H and O–H groups in total. The van der Waals surface area contributed by atoms with Crippen molar-refractivity contribution in [2.24, 2.45) is 5.92 Å². The van der Waals surface area contributed by atoms with Crippen molar-refractivity contribution in [2.75, 3.05) is 7.05 Å². The van der Waals surface area contributed by atoms with E-state index in [1.54, 1.807) is 14.0 Å². The molecule has 1 aromatic carbocycles. The smallest absolute Gasteiger partial charge is 0.303 e. The number of nitrogens with one attached hydrogen (secondary N) is 1. The Bertz CT molecular complexity index is 411. The lowest BCUT2D eigenvalue weighted by molar-refractivity contribution is -0.138. The van der Waals surface area contributed by atoms with Crippen molar-refractivity contribution in [1.29, 1.82) is 0 Å². The number of hydrogen-bond acceptors (Lipinski definition) is 2. The molecule has 1 rings (SSSR count). The van der Waals surface area contributed by atoms with Gasteiger partial charge in [-0.3, -0.25) is 4.79 Å². The Labute approximate surface area is 105 Å². The lowest BCUT2D eigenvalue weighted by atomic mass is 9.92. The van der Waals surface area contributed by atoms with E-state index in [1.807, 2.05) is 0 Å². The monoisotopic (exact) mass is 259 g/mol. The van der Waals surface area contributed by atoms with Gasteiger partial charge in [-0.25, -0.2) is 4.39 Å². The maximum atomic E-state index is 13.7. The van der Waals surface area contributed by atoms with Gasteiger partial charge in [-0.1, -0.05) is 18.5 Å². The van der Waals surface area contributed by atoms with Crippen LogP contribution in [0, 0.1) is 11.7 Å². The van der Waals surface area contributed by atoms with Crippen LogP contribution in [0.5, 0.6) is 0 Å². The van der Waals surface area contributed by atoms with Gasteiger partial charge in [0.15, 0.2) is 0 Å². The van der Waals surface area contributed by atoms with E-state index in [0.29, 0.717) is 10.6 Å². The highest BCUT2D eigenvalue weighted by molar-refractivity contribution is 6.30. The fourth-order valence-electron chi connectivity index (χ4n) is 1.89. The molecule has 17 heavy (non-hydrogen) atoms. The van der Waals surface area contributed by atoms with Crippen molar-refractivity contribution in [3.8, 4) is 0 Å². The minimum Gasteiger partial charge on any atom is -0.481 e. The van der Waals surface area contributed by atoms with E-state index in [2.05, 4.69) is 5.32 Å². The molecular formula is C12H15ClFNO2. The average molecular weight is 260 g/mol. The van der Waals surface area contributed by atoms with Crippen LogP contribution in [0.2, 0.25) is 5.02 Å². The second-order valence-electron chi connectivity index (χ2n) is 4.01. The zero-order valence-corrected chi connectivity index (χ0v) is 10.5. The molecule has 1 aromatic rings. The Hall–Kier alpha value is -1.13. The summed E-state index contributed by atoms with van der Waals surface area (Å²) in [5.74, 6) is -1.52. The van der Waals surface area contributed by atoms with Gasteiger partial charge >= 0.3 is 5.97 Å². The van der Waals surface area contributed by atoms with Crippen molar-refractivity contribution in [3.05, 3.63) is 34.6 Å². The molecular weight excluding hydrogens is 245 g/mol. The molecule has 2 unspecified atom stereocenters. The summed E-state index contributed by atoms with van der Waals surface area (Å²) in [6.07, 6.45) is -0.0303. The Kier molecular flexibility index (Phi) is 4.90. The molecule has 0 amide bonds. The lowest BCUT2D eigenvalue weighted by Crippen LogP contribution is -2.26. The standard InChI is InChI=1S/C12H15ClFNO2/c1-7(5-11(16)17)12(15-2)9-6-8(13)3-4-10(9)14/h3-4,6-7,12,15H,5H2,1-2H3,(H,16,17). The van der Waals surface area contributed by atoms with Gasteiger partial charge in [-0.05, 0) is 31.2 Å². The Morgan fingerprint density at radius 2 is 2.24 bits per heavy atom. The largest absolute Gasteiger partial charge is 0.481 e. The second kappa shape index (κ2) is 5.98. The van der Waals surface area contributed by atoms with Crippen molar-refractivity contribution in [2.45, 2.75) is 19.4 Å². The third kappa shape index (κ3) is 3.68. The minimum atomic E-state index is -0.903. The highest BCUT2D eigenvalue weighted by Gasteiger charge is 2.22. The lowest BCUT2D eigenvalue weighted by Gasteiger charge is -2.23. The van der Waals surface area contributed by atoms with Gasteiger partial charge in [0, 0.05) is 23.0 Å². The molecule has 0 aliphatic heterocycles. The molecule has 0 radical (unpaired) electrons. The van der Waals surface area contributed by atoms with E-state index in [4.69, 9.17) is 16.7 Å². The van der Waals surface area contributed by atoms with Crippen LogP contribution in [0.1, 0.15) is 24.9 Å². The van der Waals surface area contributed by atoms with Crippen LogP contribution in [0.3, 0.4) is 0 Å². The summed E-state index contributed by atoms with van der Waals surface area (Å²) in [6, 6.07) is 3.91. The van der Waals surface area contributed by atoms with Crippen LogP contribution in [0.15, 0.2) is 18.2 Å². The van der Waals surface area contributed by atoms with E-state index < -0.39 is 5.97 Å². The van der Waals surface area contributed by atoms with Crippen LogP contribution >= 0.6 is 11.6 Å². The van der Waals surface area contributed by atoms with Crippen LogP contribution in [-0.2, 0) is 4.79 Å². The Balaban J connectivity index is 3.00. The van der Waals surface area contributed by atoms with Crippen molar-refractivity contribution >= 4 is 17.6 Å². The number of halogens is 2. The zero-order chi connectivity index (χ0) is 13.0. The van der Waals surface area contributed by atoms with Gasteiger partial charge in [-0.2, -0.15) is 0 Å². The molecule has 3 nitrogen and oxygen atoms in total. The average Bonchev–Trinajstić information content (AvgIpc) is 2.23. The summed E-state index contributed by atoms with van der Waals surface area (Å²) in [6.45, 7) is 1.76. The highest BCUT2D eigenvalue weighted by atomic mass is 35.5. The van der Waals surface area contributed by atoms with E-state index in [1.165, 1.54) is 18.2 Å². The summed E-state index contributed by atoms with van der Waals surface area (Å²) in [7, 11) is 1.67. The summed E-state index contributed by atoms with van der Waals surface area (Å²) in [4.78, 5) is 10.7. The first-order chi connectivity index (χ1) is 7.95. The van der Waals surface area contributed by atoms with E-state index in [-0.39, 0.29) is 24.2 Å². The second-order valence-corrected chi connectivity index (χ2v) is 4.44. The third-order valence-corrected chi connectivity index (χ3v) is 2.90. The molecule has 0 heterocycles. The number of aliphatic carboxylic acids is 1. The van der Waals surface area contributed by atoms with Gasteiger partial charge in [0.05, 0.1) is 0 Å². The summed E-state index contributed by atoms with van der Waals surface area (Å²) < 4.78 is 13.7. The van der Waals surface area contributed by atoms with Gasteiger partial charge in [0.2, 0.25) is 0 Å². The molecule has 0 aromatic heterocycles. The number of hydrogen-bond donors (Lipinski definition) is 2. The predicted molar refractivity (Wildman–Crippen MR) is 64.6 cm³/mol. The molecule has 2 atom stereocenters. The summed E-state index contributed by atoms with van der Waals surface area (Å²) in [5, 5.41) is 12.1. The fraction of sp³-hybridized carbons (Fsp3) is 0.417. The fourth-order valence-corrected chi connectivity index (χ4v) is 2.07. The van der Waals surface area contributed by atoms with Crippen molar-refractivity contribution in [1.82, 2.24) is 5.32 Å². The normalized spacial score (nSPS) is 14.4. The molecule has 0 saturated carbocycles. The number of carboxylic acid groups (broad SMARTS) is 1. The maximum absolute atomic E-state index is 13.7. The predicted octanol–water partition coefficient (Wildman–Crippen LogP) is 2.85. The molecule has 5 heteroatoms. The SMILES string of the molecule is CNC(c1cc(Cl)ccc1F)C(C)CC(=O)O. The van der Waals surface area contributed by atoms with Gasteiger partial charge < -0.3 is 10.4 Å². The molecule has 0 aliphatic rings. The van der Waals surface area contributed by atoms with Crippen LogP contribution < -0.4 is 5.32 Å². The maximum Gasteiger partial charge on any atom is 0.303 e. The van der Waals surface area contributed by atoms with Crippen molar-refractivity contribution < 1.29 is 14.3 Å². The van der Waals surface area contributed by atoms with E-state index in [0.717, 1.165) is 0 Å². The number of benzene rings is 1. The summed E-state index contributed by atoms with van der Waals surface area (Å²) in [5.41, 5.74) is 0.397. The first-order valence-corrected chi connectivity index (χ1v) is 5.67. The van der Waals surface area contributed by atoms with Crippen LogP contribution in [0.4, 0.5) is 4.39 Å². The quantitative estimate of drug-likeness (QED) is 0.855. The van der Waals surface area contributed by atoms with Crippen LogP contribution in [-0.4, -0.2) is 18.1 Å². The molecule has 0 bridgehead atoms. The molecule has 0 spiro atoms. The van der Waals surface area contributed by atoms with Gasteiger partial charge in [-0.15, -0.1) is 0 Å². The number of carbonyl (C=O) groups is 1. The topological polar surface area (TPSA) is 49.3 Å². The van der Waals surface area contributed by atoms with Crippen LogP contribution in [0.25, 0.3) is 0 Å². The van der Waals surface area contributed by atoms with E-state index in [9.17, 15) is 9.18 Å². The Morgan fingerprint density at radius 3 is 2.76 bits per heavy atom. The van der Waals surface area contributed by atoms with Gasteiger partial charge in [0.1, 0.15) is 5.82 Å². The molecule has 0 fully saturated rings. The minimum absolute atomic E-state index is 0.0303. The first kappa shape index (κ1) is 13.9. The highest BCUT2D eigenvalue weighted by Crippen LogP contribution is 2.28. The third-order valence-electron chi connectivity index (χ3n) is 2.67.